The normalized spacial score (nSPS) is 15.2. The maximum Gasteiger partial charge on any atom is 0.252 e. The highest BCUT2D eigenvalue weighted by Crippen LogP contribution is 2.19. The van der Waals surface area contributed by atoms with Gasteiger partial charge in [0, 0.05) is 50.3 Å². The molecule has 0 unspecified atom stereocenters. The van der Waals surface area contributed by atoms with Gasteiger partial charge in [-0.05, 0) is 25.1 Å². The molecule has 7 heteroatoms. The van der Waals surface area contributed by atoms with Crippen molar-refractivity contribution < 1.29 is 4.79 Å². The van der Waals surface area contributed by atoms with E-state index in [9.17, 15) is 4.79 Å². The maximum absolute atomic E-state index is 11.5. The van der Waals surface area contributed by atoms with Gasteiger partial charge in [0.1, 0.15) is 11.9 Å². The number of nitrogens with zero attached hydrogens (tertiary/aromatic N) is 4. The number of hydrogen-bond donors (Lipinski definition) is 2. The number of aryl methyl sites for hydroxylation is 1. The van der Waals surface area contributed by atoms with E-state index < -0.39 is 5.91 Å². The Morgan fingerprint density at radius 1 is 1.42 bits per heavy atom. The second kappa shape index (κ2) is 6.72. The lowest BCUT2D eigenvalue weighted by atomic mass is 10.2. The fraction of sp³-hybridized carbons (Fsp3) is 0.353. The van der Waals surface area contributed by atoms with E-state index in [1.165, 1.54) is 0 Å². The molecule has 1 amide bonds. The molecule has 3 heterocycles. The summed E-state index contributed by atoms with van der Waals surface area (Å²) < 4.78 is 0. The summed E-state index contributed by atoms with van der Waals surface area (Å²) in [4.78, 5) is 23.5. The van der Waals surface area contributed by atoms with Crippen LogP contribution in [-0.4, -0.2) is 47.0 Å². The van der Waals surface area contributed by atoms with Crippen LogP contribution in [0.2, 0.25) is 0 Å². The highest BCUT2D eigenvalue weighted by Gasteiger charge is 2.22. The number of nitriles is 1. The monoisotopic (exact) mass is 324 g/mol. The summed E-state index contributed by atoms with van der Waals surface area (Å²) in [6.45, 7) is 5.96. The number of hydrogen-bond acceptors (Lipinski definition) is 5. The second-order valence-electron chi connectivity index (χ2n) is 5.95. The Hall–Kier alpha value is -2.85. The lowest BCUT2D eigenvalue weighted by molar-refractivity contribution is 0.1000. The van der Waals surface area contributed by atoms with Crippen LogP contribution in [0.15, 0.2) is 24.4 Å². The van der Waals surface area contributed by atoms with Gasteiger partial charge in [0.2, 0.25) is 0 Å². The van der Waals surface area contributed by atoms with Gasteiger partial charge >= 0.3 is 0 Å². The molecule has 24 heavy (non-hydrogen) atoms. The van der Waals surface area contributed by atoms with Crippen molar-refractivity contribution in [2.24, 2.45) is 5.73 Å². The van der Waals surface area contributed by atoms with Crippen molar-refractivity contribution in [3.05, 3.63) is 46.9 Å². The Labute approximate surface area is 140 Å². The largest absolute Gasteiger partial charge is 0.365 e. The van der Waals surface area contributed by atoms with Gasteiger partial charge in [-0.1, -0.05) is 0 Å². The van der Waals surface area contributed by atoms with Gasteiger partial charge in [-0.15, -0.1) is 0 Å². The molecule has 0 aliphatic carbocycles. The van der Waals surface area contributed by atoms with E-state index in [2.05, 4.69) is 25.8 Å². The van der Waals surface area contributed by atoms with Gasteiger partial charge in [0.25, 0.3) is 5.91 Å². The minimum atomic E-state index is -0.452. The molecule has 1 saturated heterocycles. The van der Waals surface area contributed by atoms with Crippen molar-refractivity contribution in [3.63, 3.8) is 0 Å². The smallest absolute Gasteiger partial charge is 0.252 e. The van der Waals surface area contributed by atoms with Crippen molar-refractivity contribution in [1.29, 1.82) is 5.26 Å². The average molecular weight is 324 g/mol. The molecule has 0 spiro atoms. The molecule has 0 aromatic carbocycles. The van der Waals surface area contributed by atoms with E-state index in [1.807, 2.05) is 13.0 Å². The van der Waals surface area contributed by atoms with Crippen molar-refractivity contribution in [2.45, 2.75) is 13.5 Å². The summed E-state index contributed by atoms with van der Waals surface area (Å²) in [5, 5.41) is 9.03. The second-order valence-corrected chi connectivity index (χ2v) is 5.95. The topological polar surface area (TPSA) is 102 Å². The van der Waals surface area contributed by atoms with E-state index in [4.69, 9.17) is 11.0 Å². The number of pyridine rings is 1. The Morgan fingerprint density at radius 2 is 2.17 bits per heavy atom. The number of aromatic amines is 1. The van der Waals surface area contributed by atoms with E-state index in [0.717, 1.165) is 44.1 Å². The molecule has 1 fully saturated rings. The Bertz CT molecular complexity index is 783. The summed E-state index contributed by atoms with van der Waals surface area (Å²) in [5.74, 6) is 0.207. The number of anilines is 1. The molecule has 124 valence electrons. The first-order chi connectivity index (χ1) is 11.6. The summed E-state index contributed by atoms with van der Waals surface area (Å²) in [6, 6.07) is 7.53. The van der Waals surface area contributed by atoms with Gasteiger partial charge < -0.3 is 15.6 Å². The molecule has 1 aliphatic heterocycles. The van der Waals surface area contributed by atoms with Crippen LogP contribution >= 0.6 is 0 Å². The first-order valence-corrected chi connectivity index (χ1v) is 7.89. The standard InChI is InChI=1S/C17H20N6O/c1-12-13(10-18)9-14(21-12)11-22-5-7-23(8-6-22)17-15(16(19)24)3-2-4-20-17/h2-4,9,21H,5-8,11H2,1H3,(H2,19,24). The van der Waals surface area contributed by atoms with Gasteiger partial charge in [-0.25, -0.2) is 4.98 Å². The first-order valence-electron chi connectivity index (χ1n) is 7.89. The quantitative estimate of drug-likeness (QED) is 0.874. The predicted octanol–water partition coefficient (Wildman–Crippen LogP) is 1.01. The molecule has 0 atom stereocenters. The van der Waals surface area contributed by atoms with Crippen LogP contribution < -0.4 is 10.6 Å². The summed E-state index contributed by atoms with van der Waals surface area (Å²) in [7, 11) is 0. The number of carbonyl (C=O) groups excluding carboxylic acids is 1. The lowest BCUT2D eigenvalue weighted by Crippen LogP contribution is -2.46. The molecule has 1 aliphatic rings. The van der Waals surface area contributed by atoms with Crippen molar-refractivity contribution in [3.8, 4) is 6.07 Å². The third-order valence-electron chi connectivity index (χ3n) is 4.31. The number of H-pyrrole nitrogens is 1. The number of amides is 1. The molecule has 2 aromatic rings. The average Bonchev–Trinajstić information content (AvgIpc) is 2.95. The molecule has 0 saturated carbocycles. The minimum absolute atomic E-state index is 0.452. The molecule has 3 rings (SSSR count). The molecule has 0 bridgehead atoms. The Morgan fingerprint density at radius 3 is 2.79 bits per heavy atom. The Balaban J connectivity index is 1.64. The SMILES string of the molecule is Cc1[nH]c(CN2CCN(c3ncccc3C(N)=O)CC2)cc1C#N. The van der Waals surface area contributed by atoms with Crippen LogP contribution in [0.5, 0.6) is 0 Å². The van der Waals surface area contributed by atoms with E-state index >= 15 is 0 Å². The summed E-state index contributed by atoms with van der Waals surface area (Å²) >= 11 is 0. The maximum atomic E-state index is 11.5. The van der Waals surface area contributed by atoms with Crippen molar-refractivity contribution in [2.75, 3.05) is 31.1 Å². The number of nitrogens with two attached hydrogens (primary N) is 1. The number of carbonyl (C=O) groups is 1. The molecular formula is C17H20N6O. The molecule has 7 nitrogen and oxygen atoms in total. The lowest BCUT2D eigenvalue weighted by Gasteiger charge is -2.35. The van der Waals surface area contributed by atoms with Crippen molar-refractivity contribution in [1.82, 2.24) is 14.9 Å². The van der Waals surface area contributed by atoms with Crippen LogP contribution in [0.4, 0.5) is 5.82 Å². The van der Waals surface area contributed by atoms with Gasteiger partial charge in [-0.3, -0.25) is 9.69 Å². The number of piperazine rings is 1. The van der Waals surface area contributed by atoms with Gasteiger partial charge in [-0.2, -0.15) is 5.26 Å². The third kappa shape index (κ3) is 3.24. The summed E-state index contributed by atoms with van der Waals surface area (Å²) in [5.41, 5.74) is 8.55. The summed E-state index contributed by atoms with van der Waals surface area (Å²) in [6.07, 6.45) is 1.68. The number of aromatic nitrogens is 2. The number of nitrogens with one attached hydrogen (secondary N) is 1. The van der Waals surface area contributed by atoms with Gasteiger partial charge in [0.05, 0.1) is 11.1 Å². The number of primary amides is 1. The molecule has 0 radical (unpaired) electrons. The Kier molecular flexibility index (Phi) is 4.49. The molecular weight excluding hydrogens is 304 g/mol. The number of rotatable bonds is 4. The molecule has 2 aromatic heterocycles. The van der Waals surface area contributed by atoms with Crippen LogP contribution in [-0.2, 0) is 6.54 Å². The zero-order valence-electron chi connectivity index (χ0n) is 13.6. The predicted molar refractivity (Wildman–Crippen MR) is 90.5 cm³/mol. The van der Waals surface area contributed by atoms with Gasteiger partial charge in [0.15, 0.2) is 0 Å². The first kappa shape index (κ1) is 16.0. The van der Waals surface area contributed by atoms with E-state index in [-0.39, 0.29) is 0 Å². The van der Waals surface area contributed by atoms with Crippen LogP contribution in [0.3, 0.4) is 0 Å². The zero-order chi connectivity index (χ0) is 17.1. The third-order valence-corrected chi connectivity index (χ3v) is 4.31. The van der Waals surface area contributed by atoms with E-state index in [0.29, 0.717) is 16.9 Å². The van der Waals surface area contributed by atoms with Crippen LogP contribution in [0.1, 0.15) is 27.3 Å². The van der Waals surface area contributed by atoms with Crippen LogP contribution in [0.25, 0.3) is 0 Å². The molecule has 3 N–H and O–H groups in total. The zero-order valence-corrected chi connectivity index (χ0v) is 13.6. The highest BCUT2D eigenvalue weighted by atomic mass is 16.1. The fourth-order valence-electron chi connectivity index (χ4n) is 3.03. The van der Waals surface area contributed by atoms with Crippen LogP contribution in [0, 0.1) is 18.3 Å². The fourth-order valence-corrected chi connectivity index (χ4v) is 3.03. The van der Waals surface area contributed by atoms with E-state index in [1.54, 1.807) is 18.3 Å². The highest BCUT2D eigenvalue weighted by molar-refractivity contribution is 5.97. The minimum Gasteiger partial charge on any atom is -0.365 e. The van der Waals surface area contributed by atoms with Crippen molar-refractivity contribution >= 4 is 11.7 Å².